The highest BCUT2D eigenvalue weighted by atomic mass is 32.2. The van der Waals surface area contributed by atoms with Gasteiger partial charge in [-0.1, -0.05) is 32.0 Å². The summed E-state index contributed by atoms with van der Waals surface area (Å²) in [5.41, 5.74) is 0. The first-order valence-electron chi connectivity index (χ1n) is 6.01. The molecule has 2 atom stereocenters. The van der Waals surface area contributed by atoms with Crippen molar-refractivity contribution in [3.63, 3.8) is 0 Å². The third kappa shape index (κ3) is 6.37. The molecule has 0 heterocycles. The predicted octanol–water partition coefficient (Wildman–Crippen LogP) is 3.74. The summed E-state index contributed by atoms with van der Waals surface area (Å²) in [7, 11) is 3.90. The standard InChI is InChI=1S/C14H22N2S/c1-12(11-15-16(3)4)10-13(2)17-14-8-6-5-7-9-14/h5-9,11-13H,10H2,1-4H3/b15-11+. The number of benzene rings is 1. The van der Waals surface area contributed by atoms with Gasteiger partial charge in [0.15, 0.2) is 0 Å². The van der Waals surface area contributed by atoms with E-state index in [4.69, 9.17) is 0 Å². The highest BCUT2D eigenvalue weighted by Crippen LogP contribution is 2.26. The molecule has 1 aromatic carbocycles. The highest BCUT2D eigenvalue weighted by molar-refractivity contribution is 7.99. The van der Waals surface area contributed by atoms with Crippen LogP contribution in [0.5, 0.6) is 0 Å². The van der Waals surface area contributed by atoms with E-state index in [1.165, 1.54) is 4.90 Å². The number of rotatable bonds is 6. The van der Waals surface area contributed by atoms with Gasteiger partial charge in [0.05, 0.1) is 0 Å². The van der Waals surface area contributed by atoms with Gasteiger partial charge in [-0.25, -0.2) is 0 Å². The van der Waals surface area contributed by atoms with Gasteiger partial charge < -0.3 is 5.01 Å². The second-order valence-corrected chi connectivity index (χ2v) is 6.08. The Morgan fingerprint density at radius 3 is 2.47 bits per heavy atom. The van der Waals surface area contributed by atoms with E-state index in [1.807, 2.05) is 37.1 Å². The average molecular weight is 250 g/mol. The molecule has 2 unspecified atom stereocenters. The molecule has 3 heteroatoms. The average Bonchev–Trinajstić information content (AvgIpc) is 2.27. The van der Waals surface area contributed by atoms with Gasteiger partial charge in [-0.15, -0.1) is 11.8 Å². The summed E-state index contributed by atoms with van der Waals surface area (Å²) in [4.78, 5) is 1.34. The quantitative estimate of drug-likeness (QED) is 0.434. The maximum Gasteiger partial charge on any atom is 0.0273 e. The third-order valence-electron chi connectivity index (χ3n) is 2.34. The van der Waals surface area contributed by atoms with Crippen LogP contribution in [0, 0.1) is 5.92 Å². The summed E-state index contributed by atoms with van der Waals surface area (Å²) in [6, 6.07) is 10.6. The van der Waals surface area contributed by atoms with Gasteiger partial charge in [-0.05, 0) is 24.5 Å². The van der Waals surface area contributed by atoms with Crippen molar-refractivity contribution in [2.45, 2.75) is 30.4 Å². The van der Waals surface area contributed by atoms with Crippen LogP contribution >= 0.6 is 11.8 Å². The van der Waals surface area contributed by atoms with Gasteiger partial charge in [-0.2, -0.15) is 5.10 Å². The lowest BCUT2D eigenvalue weighted by atomic mass is 10.1. The summed E-state index contributed by atoms with van der Waals surface area (Å²) in [6.45, 7) is 4.49. The molecule has 0 spiro atoms. The van der Waals surface area contributed by atoms with E-state index in [0.29, 0.717) is 11.2 Å². The van der Waals surface area contributed by atoms with Crippen molar-refractivity contribution in [3.05, 3.63) is 30.3 Å². The first kappa shape index (κ1) is 14.1. The van der Waals surface area contributed by atoms with Crippen molar-refractivity contribution in [2.24, 2.45) is 11.0 Å². The van der Waals surface area contributed by atoms with E-state index in [1.54, 1.807) is 0 Å². The summed E-state index contributed by atoms with van der Waals surface area (Å²) >= 11 is 1.93. The fourth-order valence-electron chi connectivity index (χ4n) is 1.61. The fraction of sp³-hybridized carbons (Fsp3) is 0.500. The van der Waals surface area contributed by atoms with Crippen molar-refractivity contribution >= 4 is 18.0 Å². The van der Waals surface area contributed by atoms with Crippen molar-refractivity contribution in [1.82, 2.24) is 5.01 Å². The zero-order valence-electron chi connectivity index (χ0n) is 11.1. The zero-order chi connectivity index (χ0) is 12.7. The Kier molecular flexibility index (Phi) is 6.12. The largest absolute Gasteiger partial charge is 0.303 e. The Morgan fingerprint density at radius 1 is 1.24 bits per heavy atom. The third-order valence-corrected chi connectivity index (χ3v) is 3.48. The molecule has 0 aliphatic heterocycles. The smallest absolute Gasteiger partial charge is 0.0273 e. The van der Waals surface area contributed by atoms with E-state index >= 15 is 0 Å². The van der Waals surface area contributed by atoms with Crippen molar-refractivity contribution in [2.75, 3.05) is 14.1 Å². The molecular weight excluding hydrogens is 228 g/mol. The molecule has 2 nitrogen and oxygen atoms in total. The lowest BCUT2D eigenvalue weighted by Gasteiger charge is -2.14. The fourth-order valence-corrected chi connectivity index (χ4v) is 2.79. The predicted molar refractivity (Wildman–Crippen MR) is 77.7 cm³/mol. The number of nitrogens with zero attached hydrogens (tertiary/aromatic N) is 2. The van der Waals surface area contributed by atoms with Gasteiger partial charge in [-0.3, -0.25) is 0 Å². The highest BCUT2D eigenvalue weighted by Gasteiger charge is 2.08. The van der Waals surface area contributed by atoms with E-state index < -0.39 is 0 Å². The van der Waals surface area contributed by atoms with Crippen LogP contribution < -0.4 is 0 Å². The number of thioether (sulfide) groups is 1. The lowest BCUT2D eigenvalue weighted by molar-refractivity contribution is 0.435. The molecule has 0 radical (unpaired) electrons. The molecule has 1 aromatic rings. The van der Waals surface area contributed by atoms with Gasteiger partial charge in [0, 0.05) is 30.5 Å². The van der Waals surface area contributed by atoms with Crippen LogP contribution in [-0.4, -0.2) is 30.6 Å². The molecule has 0 aliphatic carbocycles. The van der Waals surface area contributed by atoms with Gasteiger partial charge in [0.1, 0.15) is 0 Å². The van der Waals surface area contributed by atoms with Gasteiger partial charge in [0.2, 0.25) is 0 Å². The van der Waals surface area contributed by atoms with Crippen LogP contribution in [0.2, 0.25) is 0 Å². The Hall–Kier alpha value is -0.960. The summed E-state index contributed by atoms with van der Waals surface area (Å²) in [5.74, 6) is 0.517. The summed E-state index contributed by atoms with van der Waals surface area (Å²) in [6.07, 6.45) is 3.18. The topological polar surface area (TPSA) is 15.6 Å². The second-order valence-electron chi connectivity index (χ2n) is 4.57. The maximum absolute atomic E-state index is 4.28. The van der Waals surface area contributed by atoms with Crippen molar-refractivity contribution in [1.29, 1.82) is 0 Å². The Morgan fingerprint density at radius 2 is 1.88 bits per heavy atom. The van der Waals surface area contributed by atoms with E-state index in [9.17, 15) is 0 Å². The van der Waals surface area contributed by atoms with Crippen LogP contribution in [0.1, 0.15) is 20.3 Å². The number of hydrogen-bond acceptors (Lipinski definition) is 3. The zero-order valence-corrected chi connectivity index (χ0v) is 11.9. The Labute approximate surface area is 109 Å². The minimum absolute atomic E-state index is 0.517. The van der Waals surface area contributed by atoms with Crippen LogP contribution in [0.25, 0.3) is 0 Å². The van der Waals surface area contributed by atoms with E-state index in [2.05, 4.69) is 49.3 Å². The molecule has 0 saturated carbocycles. The molecule has 94 valence electrons. The van der Waals surface area contributed by atoms with E-state index in [-0.39, 0.29) is 0 Å². The van der Waals surface area contributed by atoms with Gasteiger partial charge >= 0.3 is 0 Å². The first-order chi connectivity index (χ1) is 8.08. The monoisotopic (exact) mass is 250 g/mol. The first-order valence-corrected chi connectivity index (χ1v) is 6.89. The van der Waals surface area contributed by atoms with Crippen molar-refractivity contribution < 1.29 is 0 Å². The molecule has 0 aromatic heterocycles. The molecule has 0 N–H and O–H groups in total. The van der Waals surface area contributed by atoms with Crippen LogP contribution in [0.3, 0.4) is 0 Å². The van der Waals surface area contributed by atoms with Crippen molar-refractivity contribution in [3.8, 4) is 0 Å². The Bertz CT molecular complexity index is 335. The molecule has 17 heavy (non-hydrogen) atoms. The summed E-state index contributed by atoms with van der Waals surface area (Å²) < 4.78 is 0. The minimum atomic E-state index is 0.517. The molecule has 0 fully saturated rings. The maximum atomic E-state index is 4.28. The normalized spacial score (nSPS) is 14.8. The second kappa shape index (κ2) is 7.38. The molecule has 0 aliphatic rings. The molecular formula is C14H22N2S. The SMILES string of the molecule is CC(/C=N/N(C)C)CC(C)Sc1ccccc1. The molecule has 1 rings (SSSR count). The molecule has 0 bridgehead atoms. The number of hydrogen-bond donors (Lipinski definition) is 0. The minimum Gasteiger partial charge on any atom is -0.303 e. The van der Waals surface area contributed by atoms with Gasteiger partial charge in [0.25, 0.3) is 0 Å². The summed E-state index contributed by atoms with van der Waals surface area (Å²) in [5, 5.41) is 6.73. The number of hydrazone groups is 1. The Balaban J connectivity index is 2.37. The molecule has 0 saturated heterocycles. The molecule has 0 amide bonds. The van der Waals surface area contributed by atoms with E-state index in [0.717, 1.165) is 6.42 Å². The lowest BCUT2D eigenvalue weighted by Crippen LogP contribution is -2.09. The van der Waals surface area contributed by atoms with Crippen LogP contribution in [0.15, 0.2) is 40.3 Å². The van der Waals surface area contributed by atoms with Crippen LogP contribution in [-0.2, 0) is 0 Å². The van der Waals surface area contributed by atoms with Crippen LogP contribution in [0.4, 0.5) is 0 Å².